The normalized spacial score (nSPS) is 33.9. The highest BCUT2D eigenvalue weighted by Gasteiger charge is 2.59. The van der Waals surface area contributed by atoms with Crippen molar-refractivity contribution in [2.75, 3.05) is 46.8 Å². The quantitative estimate of drug-likeness (QED) is 0.298. The van der Waals surface area contributed by atoms with E-state index < -0.39 is 24.7 Å². The number of fused-ring (bicyclic) bond motifs is 1. The van der Waals surface area contributed by atoms with Gasteiger partial charge in [-0.2, -0.15) is 0 Å². The van der Waals surface area contributed by atoms with Crippen molar-refractivity contribution in [3.8, 4) is 0 Å². The number of carboxylic acid groups (broad SMARTS) is 1. The van der Waals surface area contributed by atoms with Gasteiger partial charge in [0.25, 0.3) is 5.92 Å². The summed E-state index contributed by atoms with van der Waals surface area (Å²) in [6.45, 7) is 4.10. The van der Waals surface area contributed by atoms with Crippen LogP contribution >= 0.6 is 11.8 Å². The Balaban J connectivity index is 1.35. The summed E-state index contributed by atoms with van der Waals surface area (Å²) in [5.41, 5.74) is 0.104. The summed E-state index contributed by atoms with van der Waals surface area (Å²) in [4.78, 5) is 42.1. The van der Waals surface area contributed by atoms with Crippen LogP contribution in [0.3, 0.4) is 0 Å². The van der Waals surface area contributed by atoms with Gasteiger partial charge in [0, 0.05) is 67.7 Å². The Labute approximate surface area is 219 Å². The number of hydrogen-bond donors (Lipinski definition) is 4. The van der Waals surface area contributed by atoms with Gasteiger partial charge in [0.15, 0.2) is 5.78 Å². The molecule has 4 heterocycles. The number of nitrogens with zero attached hydrogens (tertiary/aromatic N) is 3. The van der Waals surface area contributed by atoms with Crippen LogP contribution in [0.25, 0.3) is 0 Å². The molecule has 0 aliphatic carbocycles. The Hall–Kier alpha value is -1.80. The second kappa shape index (κ2) is 10.8. The van der Waals surface area contributed by atoms with Crippen LogP contribution in [-0.2, 0) is 14.4 Å². The molecule has 10 nitrogen and oxygen atoms in total. The fourth-order valence-electron chi connectivity index (χ4n) is 6.04. The number of nitrogens with one attached hydrogen (secondary N) is 2. The molecule has 0 aromatic carbocycles. The van der Waals surface area contributed by atoms with E-state index in [1.807, 2.05) is 13.8 Å². The molecule has 13 heteroatoms. The minimum Gasteiger partial charge on any atom is -0.477 e. The van der Waals surface area contributed by atoms with Gasteiger partial charge in [-0.1, -0.05) is 6.92 Å². The molecule has 1 unspecified atom stereocenters. The van der Waals surface area contributed by atoms with Gasteiger partial charge in [0.2, 0.25) is 5.91 Å². The zero-order chi connectivity index (χ0) is 27.2. The van der Waals surface area contributed by atoms with Gasteiger partial charge in [0.05, 0.1) is 25.7 Å². The predicted molar refractivity (Wildman–Crippen MR) is 134 cm³/mol. The molecule has 4 N–H and O–H groups in total. The largest absolute Gasteiger partial charge is 0.477 e. The molecule has 0 radical (unpaired) electrons. The number of Topliss-reactive ketones (excluding diaryl/α,β-unsaturated/α-hetero) is 1. The van der Waals surface area contributed by atoms with Crippen molar-refractivity contribution in [2.24, 2.45) is 11.8 Å². The summed E-state index contributed by atoms with van der Waals surface area (Å²) in [5.74, 6) is -4.52. The van der Waals surface area contributed by atoms with Crippen LogP contribution in [0, 0.1) is 11.8 Å². The molecule has 208 valence electrons. The van der Waals surface area contributed by atoms with Crippen molar-refractivity contribution >= 4 is 29.4 Å². The molecule has 3 saturated heterocycles. The zero-order valence-electron chi connectivity index (χ0n) is 21.6. The van der Waals surface area contributed by atoms with Crippen LogP contribution < -0.4 is 10.6 Å². The number of carboxylic acids is 1. The van der Waals surface area contributed by atoms with E-state index in [0.717, 1.165) is 0 Å². The average Bonchev–Trinajstić information content (AvgIpc) is 3.48. The molecule has 1 amide bonds. The Morgan fingerprint density at radius 2 is 2.03 bits per heavy atom. The number of halogens is 2. The third-order valence-corrected chi connectivity index (χ3v) is 9.45. The molecule has 4 aliphatic heterocycles. The molecular weight excluding hydrogens is 508 g/mol. The minimum absolute atomic E-state index is 0.0105. The third kappa shape index (κ3) is 5.65. The van der Waals surface area contributed by atoms with Crippen molar-refractivity contribution in [1.82, 2.24) is 25.3 Å². The summed E-state index contributed by atoms with van der Waals surface area (Å²) in [5, 5.41) is 27.3. The van der Waals surface area contributed by atoms with Crippen molar-refractivity contribution in [2.45, 2.75) is 62.2 Å². The number of alkyl halides is 2. The van der Waals surface area contributed by atoms with Crippen LogP contribution in [0.2, 0.25) is 0 Å². The molecule has 3 fully saturated rings. The molecular formula is C24H37F2N5O5S. The van der Waals surface area contributed by atoms with Gasteiger partial charge in [-0.25, -0.2) is 13.6 Å². The number of aliphatic hydroxyl groups excluding tert-OH is 1. The van der Waals surface area contributed by atoms with E-state index in [0.29, 0.717) is 17.9 Å². The third-order valence-electron chi connectivity index (χ3n) is 7.94. The lowest BCUT2D eigenvalue weighted by molar-refractivity contribution is -0.174. The molecule has 0 saturated carbocycles. The van der Waals surface area contributed by atoms with Gasteiger partial charge in [0.1, 0.15) is 11.9 Å². The van der Waals surface area contributed by atoms with E-state index in [2.05, 4.69) is 10.6 Å². The smallest absolute Gasteiger partial charge is 0.353 e. The van der Waals surface area contributed by atoms with Gasteiger partial charge < -0.3 is 30.6 Å². The van der Waals surface area contributed by atoms with Gasteiger partial charge in [-0.05, 0) is 13.3 Å². The standard InChI is InChI=1S/C24H37F2N5O5S/c1-12-18-17(13(2)27-8-14(32)10-30-6-5-24(25,26)11-30)22(34)31(18)19(23(35)36)20(12)37-15-7-16(28-9-15)21(33)29(3)4/h12-13,15-18,22,27-28,34H,5-11H2,1-4H3,(H,35,36)/t12-,13-,15+,16+,17-,18-,22?/m1/s1. The van der Waals surface area contributed by atoms with Crippen LogP contribution in [-0.4, -0.2) is 125 Å². The second-order valence-electron chi connectivity index (χ2n) is 10.9. The maximum Gasteiger partial charge on any atom is 0.353 e. The number of carbonyl (C=O) groups is 3. The number of aliphatic carboxylic acids is 1. The molecule has 0 aromatic rings. The van der Waals surface area contributed by atoms with E-state index in [9.17, 15) is 33.4 Å². The predicted octanol–water partition coefficient (Wildman–Crippen LogP) is -0.00880. The van der Waals surface area contributed by atoms with Crippen molar-refractivity contribution in [3.63, 3.8) is 0 Å². The zero-order valence-corrected chi connectivity index (χ0v) is 22.4. The SMILES string of the molecule is C[C@@H](NCC(=O)CN1CCC(F)(F)C1)[C@H]1C(O)N2C(C(=O)O)=C(S[C@@H]3CN[C@H](C(=O)N(C)C)C3)[C@H](C)[C@H]12. The summed E-state index contributed by atoms with van der Waals surface area (Å²) in [7, 11) is 3.41. The van der Waals surface area contributed by atoms with Gasteiger partial charge in [-0.3, -0.25) is 14.5 Å². The van der Waals surface area contributed by atoms with E-state index in [-0.39, 0.29) is 78.7 Å². The second-order valence-corrected chi connectivity index (χ2v) is 12.2. The highest BCUT2D eigenvalue weighted by atomic mass is 32.2. The Bertz CT molecular complexity index is 966. The Morgan fingerprint density at radius 3 is 2.62 bits per heavy atom. The molecule has 4 rings (SSSR count). The molecule has 4 aliphatic rings. The number of carbonyl (C=O) groups excluding carboxylic acids is 2. The average molecular weight is 546 g/mol. The Morgan fingerprint density at radius 1 is 1.32 bits per heavy atom. The number of aliphatic hydroxyl groups is 1. The van der Waals surface area contributed by atoms with Crippen molar-refractivity contribution in [3.05, 3.63) is 10.6 Å². The van der Waals surface area contributed by atoms with E-state index in [1.54, 1.807) is 19.0 Å². The lowest BCUT2D eigenvalue weighted by Crippen LogP contribution is -2.68. The topological polar surface area (TPSA) is 125 Å². The fourth-order valence-corrected chi connectivity index (χ4v) is 7.52. The van der Waals surface area contributed by atoms with E-state index in [4.69, 9.17) is 0 Å². The number of rotatable bonds is 10. The number of amides is 1. The van der Waals surface area contributed by atoms with E-state index in [1.165, 1.54) is 21.6 Å². The number of ketones is 1. The highest BCUT2D eigenvalue weighted by Crippen LogP contribution is 2.53. The first-order chi connectivity index (χ1) is 17.3. The molecule has 37 heavy (non-hydrogen) atoms. The first kappa shape index (κ1) is 28.2. The Kier molecular flexibility index (Phi) is 8.20. The summed E-state index contributed by atoms with van der Waals surface area (Å²) >= 11 is 1.46. The van der Waals surface area contributed by atoms with Crippen LogP contribution in [0.1, 0.15) is 26.7 Å². The highest BCUT2D eigenvalue weighted by molar-refractivity contribution is 8.03. The number of thioether (sulfide) groups is 1. The van der Waals surface area contributed by atoms with E-state index >= 15 is 0 Å². The van der Waals surface area contributed by atoms with Crippen LogP contribution in [0.4, 0.5) is 8.78 Å². The summed E-state index contributed by atoms with van der Waals surface area (Å²) in [6.07, 6.45) is -0.669. The number of likely N-dealkylation sites (tertiary alicyclic amines) is 1. The first-order valence-corrected chi connectivity index (χ1v) is 13.6. The monoisotopic (exact) mass is 545 g/mol. The lowest BCUT2D eigenvalue weighted by atomic mass is 9.77. The maximum absolute atomic E-state index is 13.4. The molecule has 0 aromatic heterocycles. The first-order valence-electron chi connectivity index (χ1n) is 12.7. The maximum atomic E-state index is 13.4. The molecule has 7 atom stereocenters. The van der Waals surface area contributed by atoms with Gasteiger partial charge >= 0.3 is 5.97 Å². The van der Waals surface area contributed by atoms with Gasteiger partial charge in [-0.15, -0.1) is 11.8 Å². The minimum atomic E-state index is -2.75. The number of likely N-dealkylation sites (N-methyl/N-ethyl adjacent to an activating group) is 1. The van der Waals surface area contributed by atoms with Crippen LogP contribution in [0.15, 0.2) is 10.6 Å². The van der Waals surface area contributed by atoms with Crippen LogP contribution in [0.5, 0.6) is 0 Å². The van der Waals surface area contributed by atoms with Crippen molar-refractivity contribution < 1.29 is 33.4 Å². The lowest BCUT2D eigenvalue weighted by Gasteiger charge is -2.54. The molecule has 0 spiro atoms. The summed E-state index contributed by atoms with van der Waals surface area (Å²) < 4.78 is 26.8. The fraction of sp³-hybridized carbons (Fsp3) is 0.792. The van der Waals surface area contributed by atoms with Crippen molar-refractivity contribution in [1.29, 1.82) is 0 Å². The number of hydrogen-bond acceptors (Lipinski definition) is 9. The molecule has 0 bridgehead atoms. The summed E-state index contributed by atoms with van der Waals surface area (Å²) in [6, 6.07) is -0.841.